The van der Waals surface area contributed by atoms with Gasteiger partial charge in [-0.1, -0.05) is 15.9 Å². The van der Waals surface area contributed by atoms with Crippen molar-refractivity contribution < 1.29 is 9.84 Å². The van der Waals surface area contributed by atoms with Gasteiger partial charge in [0.05, 0.1) is 10.4 Å². The highest BCUT2D eigenvalue weighted by Crippen LogP contribution is 2.41. The van der Waals surface area contributed by atoms with Crippen LogP contribution in [0.4, 0.5) is 0 Å². The van der Waals surface area contributed by atoms with E-state index < -0.39 is 6.10 Å². The summed E-state index contributed by atoms with van der Waals surface area (Å²) in [5.74, 6) is 0.845. The third-order valence-electron chi connectivity index (χ3n) is 3.22. The Hall–Kier alpha value is -0.360. The number of aliphatic hydroxyl groups is 1. The Kier molecular flexibility index (Phi) is 3.73. The zero-order valence-electron chi connectivity index (χ0n) is 10.2. The molecule has 0 saturated carbocycles. The maximum atomic E-state index is 10.6. The Bertz CT molecular complexity index is 617. The third kappa shape index (κ3) is 2.49. The maximum Gasteiger partial charge on any atom is 0.128 e. The zero-order valence-corrected chi connectivity index (χ0v) is 14.2. The van der Waals surface area contributed by atoms with Gasteiger partial charge in [-0.15, -0.1) is 11.3 Å². The minimum atomic E-state index is -0.639. The largest absolute Gasteiger partial charge is 0.493 e. The topological polar surface area (TPSA) is 29.5 Å². The van der Waals surface area contributed by atoms with Crippen LogP contribution in [0.1, 0.15) is 27.7 Å². The van der Waals surface area contributed by atoms with E-state index in [1.807, 2.05) is 19.1 Å². The lowest BCUT2D eigenvalue weighted by Gasteiger charge is -2.14. The molecule has 0 bridgehead atoms. The van der Waals surface area contributed by atoms with Gasteiger partial charge in [-0.05, 0) is 52.2 Å². The number of aryl methyl sites for hydroxylation is 1. The molecule has 2 nitrogen and oxygen atoms in total. The smallest absolute Gasteiger partial charge is 0.128 e. The summed E-state index contributed by atoms with van der Waals surface area (Å²) in [7, 11) is 0. The number of thiophene rings is 1. The second-order valence-electron chi connectivity index (χ2n) is 4.59. The highest BCUT2D eigenvalue weighted by molar-refractivity contribution is 9.11. The first-order chi connectivity index (χ1) is 9.06. The van der Waals surface area contributed by atoms with E-state index in [4.69, 9.17) is 4.74 Å². The van der Waals surface area contributed by atoms with Crippen molar-refractivity contribution in [2.45, 2.75) is 19.4 Å². The second kappa shape index (κ2) is 5.20. The molecule has 1 unspecified atom stereocenters. The van der Waals surface area contributed by atoms with E-state index in [0.29, 0.717) is 6.61 Å². The van der Waals surface area contributed by atoms with E-state index in [1.54, 1.807) is 11.3 Å². The van der Waals surface area contributed by atoms with Crippen LogP contribution in [0.25, 0.3) is 0 Å². The fourth-order valence-corrected chi connectivity index (χ4v) is 4.37. The maximum absolute atomic E-state index is 10.6. The quantitative estimate of drug-likeness (QED) is 0.793. The van der Waals surface area contributed by atoms with Crippen molar-refractivity contribution in [3.05, 3.63) is 48.0 Å². The molecule has 100 valence electrons. The average Bonchev–Trinajstić information content (AvgIpc) is 2.95. The van der Waals surface area contributed by atoms with Crippen LogP contribution in [0.15, 0.2) is 26.5 Å². The van der Waals surface area contributed by atoms with Gasteiger partial charge in [-0.3, -0.25) is 0 Å². The highest BCUT2D eigenvalue weighted by Gasteiger charge is 2.24. The monoisotopic (exact) mass is 402 g/mol. The summed E-state index contributed by atoms with van der Waals surface area (Å²) < 4.78 is 7.72. The van der Waals surface area contributed by atoms with Crippen LogP contribution < -0.4 is 4.74 Å². The number of aliphatic hydroxyl groups excluding tert-OH is 1. The number of rotatable bonds is 2. The molecule has 1 aromatic carbocycles. The summed E-state index contributed by atoms with van der Waals surface area (Å²) in [6.07, 6.45) is 0.265. The lowest BCUT2D eigenvalue weighted by Crippen LogP contribution is -2.00. The zero-order chi connectivity index (χ0) is 13.6. The molecule has 0 radical (unpaired) electrons. The molecule has 5 heteroatoms. The average molecular weight is 404 g/mol. The van der Waals surface area contributed by atoms with Crippen LogP contribution in [0, 0.1) is 6.92 Å². The van der Waals surface area contributed by atoms with Crippen molar-refractivity contribution in [2.24, 2.45) is 0 Å². The van der Waals surface area contributed by atoms with E-state index in [1.165, 1.54) is 0 Å². The minimum absolute atomic E-state index is 0.639. The molecule has 0 spiro atoms. The van der Waals surface area contributed by atoms with Gasteiger partial charge < -0.3 is 9.84 Å². The van der Waals surface area contributed by atoms with Crippen molar-refractivity contribution in [1.82, 2.24) is 0 Å². The van der Waals surface area contributed by atoms with Crippen molar-refractivity contribution in [1.29, 1.82) is 0 Å². The SMILES string of the molecule is Cc1cc(C(O)c2cc(Br)cc3c2OCC3)sc1Br. The van der Waals surface area contributed by atoms with E-state index in [0.717, 1.165) is 42.0 Å². The summed E-state index contributed by atoms with van der Waals surface area (Å²) in [6.45, 7) is 2.72. The molecule has 1 aliphatic heterocycles. The van der Waals surface area contributed by atoms with Gasteiger partial charge >= 0.3 is 0 Å². The summed E-state index contributed by atoms with van der Waals surface area (Å²) in [5, 5.41) is 10.6. The summed E-state index contributed by atoms with van der Waals surface area (Å²) >= 11 is 8.57. The Balaban J connectivity index is 2.07. The molecule has 0 saturated heterocycles. The normalized spacial score (nSPS) is 15.2. The Labute approximate surface area is 132 Å². The van der Waals surface area contributed by atoms with E-state index in [9.17, 15) is 5.11 Å². The van der Waals surface area contributed by atoms with Crippen molar-refractivity contribution >= 4 is 43.2 Å². The number of ether oxygens (including phenoxy) is 1. The summed E-state index contributed by atoms with van der Waals surface area (Å²) in [5.41, 5.74) is 3.15. The molecule has 0 amide bonds. The van der Waals surface area contributed by atoms with Crippen molar-refractivity contribution in [3.63, 3.8) is 0 Å². The lowest BCUT2D eigenvalue weighted by atomic mass is 10.0. The molecule has 19 heavy (non-hydrogen) atoms. The van der Waals surface area contributed by atoms with Crippen molar-refractivity contribution in [2.75, 3.05) is 6.61 Å². The van der Waals surface area contributed by atoms with Gasteiger partial charge in [-0.25, -0.2) is 0 Å². The van der Waals surface area contributed by atoms with E-state index >= 15 is 0 Å². The van der Waals surface area contributed by atoms with Gasteiger partial charge in [0.2, 0.25) is 0 Å². The van der Waals surface area contributed by atoms with Crippen LogP contribution in [0.3, 0.4) is 0 Å². The van der Waals surface area contributed by atoms with Crippen LogP contribution in [0.5, 0.6) is 5.75 Å². The standard InChI is InChI=1S/C14H12Br2O2S/c1-7-4-11(19-14(7)16)12(17)10-6-9(15)5-8-2-3-18-13(8)10/h4-6,12,17H,2-3H2,1H3. The second-order valence-corrected chi connectivity index (χ2v) is 7.91. The van der Waals surface area contributed by atoms with Gasteiger partial charge in [0.25, 0.3) is 0 Å². The molecule has 0 fully saturated rings. The van der Waals surface area contributed by atoms with Crippen LogP contribution in [0.2, 0.25) is 0 Å². The number of hydrogen-bond donors (Lipinski definition) is 1. The molecule has 0 aliphatic carbocycles. The molecule has 1 N–H and O–H groups in total. The predicted octanol–water partition coefficient (Wildman–Crippen LogP) is 4.60. The molecule has 1 aliphatic rings. The molecular weight excluding hydrogens is 392 g/mol. The number of benzene rings is 1. The molecular formula is C14H12Br2O2S. The van der Waals surface area contributed by atoms with Gasteiger partial charge in [0.15, 0.2) is 0 Å². The first kappa shape index (κ1) is 13.6. The van der Waals surface area contributed by atoms with Crippen LogP contribution >= 0.6 is 43.2 Å². The molecule has 1 aromatic heterocycles. The Morgan fingerprint density at radius 3 is 2.79 bits per heavy atom. The molecule has 1 atom stereocenters. The predicted molar refractivity (Wildman–Crippen MR) is 84.2 cm³/mol. The summed E-state index contributed by atoms with van der Waals surface area (Å²) in [4.78, 5) is 0.931. The van der Waals surface area contributed by atoms with Crippen LogP contribution in [-0.4, -0.2) is 11.7 Å². The Morgan fingerprint density at radius 2 is 2.11 bits per heavy atom. The van der Waals surface area contributed by atoms with Gasteiger partial charge in [0.1, 0.15) is 11.9 Å². The number of fused-ring (bicyclic) bond motifs is 1. The first-order valence-electron chi connectivity index (χ1n) is 5.95. The Morgan fingerprint density at radius 1 is 1.32 bits per heavy atom. The number of halogens is 2. The third-order valence-corrected chi connectivity index (χ3v) is 5.86. The van der Waals surface area contributed by atoms with Crippen molar-refractivity contribution in [3.8, 4) is 5.75 Å². The lowest BCUT2D eigenvalue weighted by molar-refractivity contribution is 0.217. The van der Waals surface area contributed by atoms with E-state index in [-0.39, 0.29) is 0 Å². The summed E-state index contributed by atoms with van der Waals surface area (Å²) in [6, 6.07) is 6.02. The highest BCUT2D eigenvalue weighted by atomic mass is 79.9. The minimum Gasteiger partial charge on any atom is -0.493 e. The first-order valence-corrected chi connectivity index (χ1v) is 8.35. The molecule has 2 aromatic rings. The van der Waals surface area contributed by atoms with E-state index in [2.05, 4.69) is 37.9 Å². The number of hydrogen-bond acceptors (Lipinski definition) is 3. The van der Waals surface area contributed by atoms with Gasteiger partial charge in [0, 0.05) is 21.3 Å². The van der Waals surface area contributed by atoms with Gasteiger partial charge in [-0.2, -0.15) is 0 Å². The fraction of sp³-hybridized carbons (Fsp3) is 0.286. The fourth-order valence-electron chi connectivity index (χ4n) is 2.27. The van der Waals surface area contributed by atoms with Crippen LogP contribution in [-0.2, 0) is 6.42 Å². The molecule has 2 heterocycles. The molecule has 3 rings (SSSR count).